The number of para-hydroxylation sites is 1. The molecule has 1 aromatic carbocycles. The number of pyridine rings is 1. The van der Waals surface area contributed by atoms with Crippen molar-refractivity contribution in [3.8, 4) is 5.88 Å². The Labute approximate surface area is 105 Å². The van der Waals surface area contributed by atoms with Gasteiger partial charge in [-0.3, -0.25) is 5.10 Å². The Kier molecular flexibility index (Phi) is 2.38. The second kappa shape index (κ2) is 3.84. The molecule has 0 fully saturated rings. The number of halogens is 3. The first kappa shape index (κ1) is 11.8. The van der Waals surface area contributed by atoms with Crippen LogP contribution in [0, 0.1) is 0 Å². The van der Waals surface area contributed by atoms with Gasteiger partial charge in [0.2, 0.25) is 5.88 Å². The van der Waals surface area contributed by atoms with Gasteiger partial charge in [0.15, 0.2) is 5.69 Å². The van der Waals surface area contributed by atoms with Crippen LogP contribution in [0.3, 0.4) is 0 Å². The smallest absolute Gasteiger partial charge is 0.433 e. The highest BCUT2D eigenvalue weighted by Crippen LogP contribution is 2.39. The predicted octanol–water partition coefficient (Wildman–Crippen LogP) is 3.14. The van der Waals surface area contributed by atoms with Gasteiger partial charge >= 0.3 is 6.18 Å². The van der Waals surface area contributed by atoms with Gasteiger partial charge in [0, 0.05) is 5.39 Å². The molecular weight excluding hydrogens is 259 g/mol. The van der Waals surface area contributed by atoms with Crippen molar-refractivity contribution in [2.24, 2.45) is 0 Å². The Balaban J connectivity index is 2.50. The van der Waals surface area contributed by atoms with Crippen molar-refractivity contribution in [1.29, 1.82) is 0 Å². The zero-order chi connectivity index (χ0) is 13.6. The standard InChI is InChI=1S/C12H8F3N3O/c1-19-11-8-9(17-18-10(8)12(13,14)15)6-4-2-3-5-7(6)16-11/h2-5H,1H3,(H,17,18). The summed E-state index contributed by atoms with van der Waals surface area (Å²) in [5, 5.41) is 6.18. The summed E-state index contributed by atoms with van der Waals surface area (Å²) in [6.07, 6.45) is -4.54. The molecule has 3 rings (SSSR count). The summed E-state index contributed by atoms with van der Waals surface area (Å²) in [6, 6.07) is 6.83. The monoisotopic (exact) mass is 267 g/mol. The number of alkyl halides is 3. The van der Waals surface area contributed by atoms with Crippen LogP contribution in [0.25, 0.3) is 21.8 Å². The number of nitrogens with one attached hydrogen (secondary N) is 1. The first-order valence-corrected chi connectivity index (χ1v) is 5.40. The van der Waals surface area contributed by atoms with Crippen LogP contribution in [-0.2, 0) is 6.18 Å². The highest BCUT2D eigenvalue weighted by atomic mass is 19.4. The fourth-order valence-corrected chi connectivity index (χ4v) is 2.03. The van der Waals surface area contributed by atoms with Gasteiger partial charge in [0.1, 0.15) is 5.52 Å². The van der Waals surface area contributed by atoms with Crippen LogP contribution in [-0.4, -0.2) is 22.3 Å². The average Bonchev–Trinajstić information content (AvgIpc) is 2.82. The molecule has 1 N–H and O–H groups in total. The minimum atomic E-state index is -4.54. The fourth-order valence-electron chi connectivity index (χ4n) is 2.03. The van der Waals surface area contributed by atoms with Crippen molar-refractivity contribution in [2.45, 2.75) is 6.18 Å². The van der Waals surface area contributed by atoms with E-state index in [1.807, 2.05) is 5.10 Å². The van der Waals surface area contributed by atoms with Crippen molar-refractivity contribution in [2.75, 3.05) is 7.11 Å². The van der Waals surface area contributed by atoms with E-state index >= 15 is 0 Å². The van der Waals surface area contributed by atoms with Crippen LogP contribution >= 0.6 is 0 Å². The van der Waals surface area contributed by atoms with E-state index in [0.717, 1.165) is 0 Å². The molecular formula is C12H8F3N3O. The summed E-state index contributed by atoms with van der Waals surface area (Å²) < 4.78 is 43.7. The topological polar surface area (TPSA) is 50.8 Å². The maximum absolute atomic E-state index is 12.9. The Bertz CT molecular complexity index is 764. The summed E-state index contributed by atoms with van der Waals surface area (Å²) >= 11 is 0. The molecule has 0 amide bonds. The summed E-state index contributed by atoms with van der Waals surface area (Å²) in [5.41, 5.74) is -0.209. The van der Waals surface area contributed by atoms with Gasteiger partial charge in [-0.05, 0) is 6.07 Å². The van der Waals surface area contributed by atoms with E-state index < -0.39 is 11.9 Å². The Morgan fingerprint density at radius 3 is 2.63 bits per heavy atom. The maximum atomic E-state index is 12.9. The van der Waals surface area contributed by atoms with E-state index in [4.69, 9.17) is 4.74 Å². The lowest BCUT2D eigenvalue weighted by molar-refractivity contribution is -0.140. The van der Waals surface area contributed by atoms with Gasteiger partial charge in [0.25, 0.3) is 0 Å². The third kappa shape index (κ3) is 1.69. The van der Waals surface area contributed by atoms with Gasteiger partial charge in [0.05, 0.1) is 18.0 Å². The lowest BCUT2D eigenvalue weighted by Gasteiger charge is -2.07. The Morgan fingerprint density at radius 2 is 1.95 bits per heavy atom. The maximum Gasteiger partial charge on any atom is 0.433 e. The van der Waals surface area contributed by atoms with Crippen LogP contribution in [0.2, 0.25) is 0 Å². The summed E-state index contributed by atoms with van der Waals surface area (Å²) in [6.45, 7) is 0. The number of benzene rings is 1. The van der Waals surface area contributed by atoms with Gasteiger partial charge in [-0.1, -0.05) is 18.2 Å². The number of nitrogens with zero attached hydrogens (tertiary/aromatic N) is 2. The second-order valence-corrected chi connectivity index (χ2v) is 3.96. The highest BCUT2D eigenvalue weighted by molar-refractivity contribution is 6.06. The lowest BCUT2D eigenvalue weighted by atomic mass is 10.1. The molecule has 98 valence electrons. The molecule has 0 saturated carbocycles. The van der Waals surface area contributed by atoms with Gasteiger partial charge in [-0.2, -0.15) is 18.3 Å². The molecule has 0 aliphatic carbocycles. The molecule has 19 heavy (non-hydrogen) atoms. The van der Waals surface area contributed by atoms with E-state index in [-0.39, 0.29) is 16.8 Å². The number of hydrogen-bond acceptors (Lipinski definition) is 3. The number of aromatic amines is 1. The van der Waals surface area contributed by atoms with E-state index in [2.05, 4.69) is 10.1 Å². The third-order valence-electron chi connectivity index (χ3n) is 2.84. The van der Waals surface area contributed by atoms with Crippen molar-refractivity contribution in [3.05, 3.63) is 30.0 Å². The van der Waals surface area contributed by atoms with Gasteiger partial charge < -0.3 is 4.74 Å². The molecule has 3 aromatic rings. The van der Waals surface area contributed by atoms with Crippen molar-refractivity contribution in [1.82, 2.24) is 15.2 Å². The molecule has 4 nitrogen and oxygen atoms in total. The summed E-state index contributed by atoms with van der Waals surface area (Å²) in [4.78, 5) is 4.09. The lowest BCUT2D eigenvalue weighted by Crippen LogP contribution is -2.06. The van der Waals surface area contributed by atoms with Crippen LogP contribution < -0.4 is 4.74 Å². The summed E-state index contributed by atoms with van der Waals surface area (Å²) in [7, 11) is 1.28. The zero-order valence-electron chi connectivity index (χ0n) is 9.75. The third-order valence-corrected chi connectivity index (χ3v) is 2.84. The largest absolute Gasteiger partial charge is 0.480 e. The molecule has 0 aliphatic rings. The molecule has 0 aliphatic heterocycles. The molecule has 0 unspecified atom stereocenters. The predicted molar refractivity (Wildman–Crippen MR) is 62.9 cm³/mol. The van der Waals surface area contributed by atoms with Crippen LogP contribution in [0.1, 0.15) is 5.69 Å². The number of aromatic nitrogens is 3. The molecule has 0 bridgehead atoms. The number of methoxy groups -OCH3 is 1. The first-order valence-electron chi connectivity index (χ1n) is 5.40. The van der Waals surface area contributed by atoms with E-state index in [1.165, 1.54) is 7.11 Å². The number of H-pyrrole nitrogens is 1. The number of ether oxygens (including phenoxy) is 1. The quantitative estimate of drug-likeness (QED) is 0.736. The first-order chi connectivity index (χ1) is 9.02. The van der Waals surface area contributed by atoms with Gasteiger partial charge in [-0.15, -0.1) is 0 Å². The molecule has 2 aromatic heterocycles. The van der Waals surface area contributed by atoms with E-state index in [1.54, 1.807) is 24.3 Å². The Morgan fingerprint density at radius 1 is 1.21 bits per heavy atom. The molecule has 0 atom stereocenters. The minimum Gasteiger partial charge on any atom is -0.480 e. The van der Waals surface area contributed by atoms with Crippen molar-refractivity contribution >= 4 is 21.8 Å². The molecule has 7 heteroatoms. The molecule has 0 radical (unpaired) electrons. The van der Waals surface area contributed by atoms with Crippen LogP contribution in [0.5, 0.6) is 5.88 Å². The van der Waals surface area contributed by atoms with Crippen LogP contribution in [0.15, 0.2) is 24.3 Å². The molecule has 0 saturated heterocycles. The zero-order valence-corrected chi connectivity index (χ0v) is 9.75. The number of rotatable bonds is 1. The SMILES string of the molecule is COc1nc2ccccc2c2n[nH]c(C(F)(F)F)c12. The van der Waals surface area contributed by atoms with Crippen molar-refractivity contribution < 1.29 is 17.9 Å². The van der Waals surface area contributed by atoms with Gasteiger partial charge in [-0.25, -0.2) is 4.98 Å². The number of fused-ring (bicyclic) bond motifs is 3. The number of hydrogen-bond donors (Lipinski definition) is 1. The van der Waals surface area contributed by atoms with Crippen LogP contribution in [0.4, 0.5) is 13.2 Å². The normalized spacial score (nSPS) is 12.2. The molecule has 2 heterocycles. The summed E-state index contributed by atoms with van der Waals surface area (Å²) in [5.74, 6) is -0.0882. The van der Waals surface area contributed by atoms with E-state index in [0.29, 0.717) is 10.9 Å². The average molecular weight is 267 g/mol. The minimum absolute atomic E-state index is 0.0882. The second-order valence-electron chi connectivity index (χ2n) is 3.96. The highest BCUT2D eigenvalue weighted by Gasteiger charge is 2.37. The van der Waals surface area contributed by atoms with E-state index in [9.17, 15) is 13.2 Å². The van der Waals surface area contributed by atoms with Crippen molar-refractivity contribution in [3.63, 3.8) is 0 Å². The molecule has 0 spiro atoms. The fraction of sp³-hybridized carbons (Fsp3) is 0.167. The Hall–Kier alpha value is -2.31.